The lowest BCUT2D eigenvalue weighted by atomic mass is 9.91. The van der Waals surface area contributed by atoms with Crippen LogP contribution in [0.5, 0.6) is 0 Å². The third kappa shape index (κ3) is 3.00. The molecule has 3 rings (SSSR count). The van der Waals surface area contributed by atoms with Crippen LogP contribution in [0.3, 0.4) is 0 Å². The number of rotatable bonds is 3. The van der Waals surface area contributed by atoms with E-state index >= 15 is 0 Å². The highest BCUT2D eigenvalue weighted by atomic mass is 16.2. The second-order valence-corrected chi connectivity index (χ2v) is 6.57. The predicted molar refractivity (Wildman–Crippen MR) is 95.8 cm³/mol. The Kier molecular flexibility index (Phi) is 4.06. The van der Waals surface area contributed by atoms with Crippen molar-refractivity contribution in [3.05, 3.63) is 36.0 Å². The molecule has 1 amide bonds. The van der Waals surface area contributed by atoms with Crippen LogP contribution < -0.4 is 5.32 Å². The Morgan fingerprint density at radius 3 is 2.88 bits per heavy atom. The number of benzene rings is 1. The van der Waals surface area contributed by atoms with E-state index < -0.39 is 0 Å². The third-order valence-electron chi connectivity index (χ3n) is 4.62. The number of nitrogens with one attached hydrogen (secondary N) is 2. The van der Waals surface area contributed by atoms with Gasteiger partial charge in [0.25, 0.3) is 0 Å². The molecule has 1 aromatic heterocycles. The van der Waals surface area contributed by atoms with E-state index in [0.717, 1.165) is 24.0 Å². The number of hydrogen-bond donors (Lipinski definition) is 2. The van der Waals surface area contributed by atoms with Gasteiger partial charge in [0.15, 0.2) is 5.96 Å². The van der Waals surface area contributed by atoms with Crippen molar-refractivity contribution in [2.24, 2.45) is 0 Å². The lowest BCUT2D eigenvalue weighted by Gasteiger charge is -2.39. The van der Waals surface area contributed by atoms with Gasteiger partial charge in [-0.1, -0.05) is 5.92 Å². The second kappa shape index (κ2) is 6.04. The van der Waals surface area contributed by atoms with Crippen LogP contribution in [-0.2, 0) is 11.3 Å². The number of carbonyl (C=O) groups is 1. The molecule has 5 nitrogen and oxygen atoms in total. The average Bonchev–Trinajstić information content (AvgIpc) is 2.93. The van der Waals surface area contributed by atoms with Gasteiger partial charge in [0, 0.05) is 41.8 Å². The van der Waals surface area contributed by atoms with Crippen LogP contribution in [0.15, 0.2) is 30.5 Å². The molecule has 0 radical (unpaired) electrons. The first-order valence-electron chi connectivity index (χ1n) is 8.07. The molecule has 2 N–H and O–H groups in total. The molecule has 124 valence electrons. The van der Waals surface area contributed by atoms with Gasteiger partial charge in [0.1, 0.15) is 0 Å². The molecule has 1 aromatic carbocycles. The Morgan fingerprint density at radius 2 is 2.17 bits per heavy atom. The number of aromatic nitrogens is 1. The molecule has 1 aliphatic heterocycles. The first-order valence-corrected chi connectivity index (χ1v) is 8.07. The van der Waals surface area contributed by atoms with Crippen molar-refractivity contribution in [2.45, 2.75) is 38.8 Å². The molecule has 24 heavy (non-hydrogen) atoms. The number of amides is 1. The number of nitrogens with zero attached hydrogens (tertiary/aromatic N) is 2. The first kappa shape index (κ1) is 16.1. The zero-order valence-electron chi connectivity index (χ0n) is 14.3. The standard InChI is InChI=1S/C19H22N4O/c1-4-5-14-6-7-16-15(12-14)8-10-23(16)11-9-19(2)13-17(24)22(3)18(20)21-19/h6-8,10,12H,9,11,13H2,1-3H3,(H2,20,21). The Bertz CT molecular complexity index is 850. The second-order valence-electron chi connectivity index (χ2n) is 6.57. The van der Waals surface area contributed by atoms with Gasteiger partial charge in [-0.3, -0.25) is 15.1 Å². The monoisotopic (exact) mass is 322 g/mol. The average molecular weight is 322 g/mol. The molecule has 0 saturated carbocycles. The fourth-order valence-electron chi connectivity index (χ4n) is 3.13. The summed E-state index contributed by atoms with van der Waals surface area (Å²) in [6.45, 7) is 4.63. The fraction of sp³-hybridized carbons (Fsp3) is 0.368. The zero-order valence-corrected chi connectivity index (χ0v) is 14.3. The molecule has 0 aliphatic carbocycles. The lowest BCUT2D eigenvalue weighted by molar-refractivity contribution is -0.129. The van der Waals surface area contributed by atoms with Crippen LogP contribution >= 0.6 is 0 Å². The van der Waals surface area contributed by atoms with Crippen molar-refractivity contribution < 1.29 is 4.79 Å². The van der Waals surface area contributed by atoms with E-state index in [-0.39, 0.29) is 17.4 Å². The third-order valence-corrected chi connectivity index (χ3v) is 4.62. The Balaban J connectivity index is 1.77. The number of hydrogen-bond acceptors (Lipinski definition) is 2. The SMILES string of the molecule is CC#Cc1ccc2c(ccn2CCC2(C)CC(=O)N(C)C(=N)N2)c1. The van der Waals surface area contributed by atoms with Gasteiger partial charge in [-0.05, 0) is 44.5 Å². The van der Waals surface area contributed by atoms with E-state index in [1.165, 1.54) is 10.3 Å². The van der Waals surface area contributed by atoms with Crippen LogP contribution in [-0.4, -0.2) is 33.9 Å². The highest BCUT2D eigenvalue weighted by Crippen LogP contribution is 2.24. The summed E-state index contributed by atoms with van der Waals surface area (Å²) in [4.78, 5) is 13.4. The van der Waals surface area contributed by atoms with E-state index in [1.807, 2.05) is 19.9 Å². The summed E-state index contributed by atoms with van der Waals surface area (Å²) in [5, 5.41) is 12.2. The normalized spacial score (nSPS) is 20.7. The molecule has 0 bridgehead atoms. The maximum absolute atomic E-state index is 12.0. The topological polar surface area (TPSA) is 61.1 Å². The summed E-state index contributed by atoms with van der Waals surface area (Å²) in [6.07, 6.45) is 3.25. The molecule has 0 spiro atoms. The zero-order chi connectivity index (χ0) is 17.3. The number of fused-ring (bicyclic) bond motifs is 1. The van der Waals surface area contributed by atoms with E-state index in [4.69, 9.17) is 5.41 Å². The van der Waals surface area contributed by atoms with E-state index in [2.05, 4.69) is 46.1 Å². The smallest absolute Gasteiger partial charge is 0.231 e. The summed E-state index contributed by atoms with van der Waals surface area (Å²) in [7, 11) is 1.63. The largest absolute Gasteiger partial charge is 0.350 e. The van der Waals surface area contributed by atoms with E-state index in [9.17, 15) is 4.79 Å². The first-order chi connectivity index (χ1) is 11.4. The maximum Gasteiger partial charge on any atom is 0.231 e. The van der Waals surface area contributed by atoms with Crippen molar-refractivity contribution in [1.82, 2.24) is 14.8 Å². The van der Waals surface area contributed by atoms with Crippen LogP contribution in [0, 0.1) is 17.3 Å². The highest BCUT2D eigenvalue weighted by molar-refractivity contribution is 5.98. The van der Waals surface area contributed by atoms with Crippen LogP contribution in [0.4, 0.5) is 0 Å². The molecular formula is C19H22N4O. The highest BCUT2D eigenvalue weighted by Gasteiger charge is 2.36. The summed E-state index contributed by atoms with van der Waals surface area (Å²) in [5.41, 5.74) is 1.80. The van der Waals surface area contributed by atoms with Crippen LogP contribution in [0.2, 0.25) is 0 Å². The molecule has 5 heteroatoms. The van der Waals surface area contributed by atoms with Crippen LogP contribution in [0.25, 0.3) is 10.9 Å². The molecule has 2 heterocycles. The molecular weight excluding hydrogens is 300 g/mol. The van der Waals surface area contributed by atoms with Gasteiger partial charge < -0.3 is 9.88 Å². The molecule has 2 aromatic rings. The van der Waals surface area contributed by atoms with E-state index in [0.29, 0.717) is 6.42 Å². The van der Waals surface area contributed by atoms with Gasteiger partial charge in [-0.2, -0.15) is 0 Å². The quantitative estimate of drug-likeness (QED) is 0.853. The summed E-state index contributed by atoms with van der Waals surface area (Å²) < 4.78 is 2.19. The van der Waals surface area contributed by atoms with Crippen molar-refractivity contribution in [2.75, 3.05) is 7.05 Å². The minimum atomic E-state index is -0.384. The molecule has 1 saturated heterocycles. The molecule has 1 unspecified atom stereocenters. The Labute approximate surface area is 142 Å². The summed E-state index contributed by atoms with van der Waals surface area (Å²) in [5.74, 6) is 6.16. The fourth-order valence-corrected chi connectivity index (χ4v) is 3.13. The van der Waals surface area contributed by atoms with Gasteiger partial charge in [-0.15, -0.1) is 5.92 Å². The van der Waals surface area contributed by atoms with Crippen molar-refractivity contribution in [3.63, 3.8) is 0 Å². The summed E-state index contributed by atoms with van der Waals surface area (Å²) >= 11 is 0. The molecule has 1 atom stereocenters. The van der Waals surface area contributed by atoms with Gasteiger partial charge in [-0.25, -0.2) is 0 Å². The van der Waals surface area contributed by atoms with E-state index in [1.54, 1.807) is 7.05 Å². The number of guanidine groups is 1. The van der Waals surface area contributed by atoms with Crippen molar-refractivity contribution >= 4 is 22.8 Å². The van der Waals surface area contributed by atoms with Crippen LogP contribution in [0.1, 0.15) is 32.3 Å². The van der Waals surface area contributed by atoms with Crippen molar-refractivity contribution in [3.8, 4) is 11.8 Å². The van der Waals surface area contributed by atoms with Gasteiger partial charge >= 0.3 is 0 Å². The number of aryl methyl sites for hydroxylation is 1. The number of carbonyl (C=O) groups excluding carboxylic acids is 1. The predicted octanol–water partition coefficient (Wildman–Crippen LogP) is 2.55. The lowest BCUT2D eigenvalue weighted by Crippen LogP contribution is -2.60. The van der Waals surface area contributed by atoms with Gasteiger partial charge in [0.05, 0.1) is 6.42 Å². The Hall–Kier alpha value is -2.74. The minimum absolute atomic E-state index is 0.0126. The Morgan fingerprint density at radius 1 is 1.38 bits per heavy atom. The summed E-state index contributed by atoms with van der Waals surface area (Å²) in [6, 6.07) is 8.31. The van der Waals surface area contributed by atoms with Crippen molar-refractivity contribution in [1.29, 1.82) is 5.41 Å². The maximum atomic E-state index is 12.0. The van der Waals surface area contributed by atoms with Gasteiger partial charge in [0.2, 0.25) is 5.91 Å². The minimum Gasteiger partial charge on any atom is -0.350 e. The molecule has 1 aliphatic rings. The molecule has 1 fully saturated rings.